The van der Waals surface area contributed by atoms with Crippen molar-refractivity contribution in [3.05, 3.63) is 40.1 Å². The fourth-order valence-electron chi connectivity index (χ4n) is 2.53. The van der Waals surface area contributed by atoms with E-state index in [-0.39, 0.29) is 11.9 Å². The van der Waals surface area contributed by atoms with Gasteiger partial charge in [-0.1, -0.05) is 18.2 Å². The molecule has 6 heteroatoms. The third-order valence-electron chi connectivity index (χ3n) is 3.51. The van der Waals surface area contributed by atoms with Gasteiger partial charge in [-0.3, -0.25) is 4.79 Å². The molecule has 1 N–H and O–H groups in total. The number of ether oxygens (including phenoxy) is 3. The van der Waals surface area contributed by atoms with Crippen LogP contribution in [-0.2, 0) is 0 Å². The maximum Gasteiger partial charge on any atom is 0.265 e. The van der Waals surface area contributed by atoms with Crippen molar-refractivity contribution in [2.45, 2.75) is 6.04 Å². The van der Waals surface area contributed by atoms with Crippen molar-refractivity contribution in [2.75, 3.05) is 19.8 Å². The Bertz CT molecular complexity index is 697. The Morgan fingerprint density at radius 2 is 2.00 bits per heavy atom. The minimum atomic E-state index is -0.156. The minimum Gasteiger partial charge on any atom is -0.491 e. The normalized spacial score (nSPS) is 18.8. The van der Waals surface area contributed by atoms with E-state index in [4.69, 9.17) is 14.2 Å². The van der Waals surface area contributed by atoms with Gasteiger partial charge in [0.1, 0.15) is 30.4 Å². The molecule has 0 spiro atoms. The highest BCUT2D eigenvalue weighted by Crippen LogP contribution is 2.40. The number of nitrogens with one attached hydrogen (secondary N) is 1. The molecule has 0 bridgehead atoms. The SMILES string of the molecule is O=C(N[C@@H]1COc2ccccc21)c1scc2c1OCCO2. The van der Waals surface area contributed by atoms with Crippen LogP contribution in [0.5, 0.6) is 17.2 Å². The van der Waals surface area contributed by atoms with Crippen LogP contribution in [0.4, 0.5) is 0 Å². The van der Waals surface area contributed by atoms with Crippen LogP contribution in [0.25, 0.3) is 0 Å². The Balaban J connectivity index is 1.56. The number of hydrogen-bond donors (Lipinski definition) is 1. The highest BCUT2D eigenvalue weighted by atomic mass is 32.1. The third kappa shape index (κ3) is 2.12. The summed E-state index contributed by atoms with van der Waals surface area (Å²) in [6, 6.07) is 7.61. The van der Waals surface area contributed by atoms with E-state index in [1.165, 1.54) is 11.3 Å². The second-order valence-corrected chi connectivity index (χ2v) is 5.71. The van der Waals surface area contributed by atoms with E-state index in [9.17, 15) is 4.79 Å². The van der Waals surface area contributed by atoms with Gasteiger partial charge in [-0.05, 0) is 6.07 Å². The summed E-state index contributed by atoms with van der Waals surface area (Å²) in [7, 11) is 0. The maximum atomic E-state index is 12.5. The number of benzene rings is 1. The molecule has 1 atom stereocenters. The first kappa shape index (κ1) is 12.5. The molecule has 0 saturated carbocycles. The lowest BCUT2D eigenvalue weighted by Gasteiger charge is -2.16. The van der Waals surface area contributed by atoms with Crippen molar-refractivity contribution in [2.24, 2.45) is 0 Å². The van der Waals surface area contributed by atoms with Gasteiger partial charge >= 0.3 is 0 Å². The molecular formula is C15H13NO4S. The highest BCUT2D eigenvalue weighted by Gasteiger charge is 2.29. The monoisotopic (exact) mass is 303 g/mol. The van der Waals surface area contributed by atoms with E-state index < -0.39 is 0 Å². The van der Waals surface area contributed by atoms with Crippen molar-refractivity contribution in [3.63, 3.8) is 0 Å². The van der Waals surface area contributed by atoms with Gasteiger partial charge in [0.25, 0.3) is 5.91 Å². The first-order chi connectivity index (χ1) is 10.3. The van der Waals surface area contributed by atoms with Crippen molar-refractivity contribution in [1.82, 2.24) is 5.32 Å². The van der Waals surface area contributed by atoms with E-state index >= 15 is 0 Å². The zero-order valence-electron chi connectivity index (χ0n) is 11.1. The van der Waals surface area contributed by atoms with E-state index in [1.807, 2.05) is 29.6 Å². The summed E-state index contributed by atoms with van der Waals surface area (Å²) < 4.78 is 16.6. The second kappa shape index (κ2) is 4.96. The van der Waals surface area contributed by atoms with E-state index in [1.54, 1.807) is 0 Å². The Hall–Kier alpha value is -2.21. The summed E-state index contributed by atoms with van der Waals surface area (Å²) in [4.78, 5) is 13.0. The lowest BCUT2D eigenvalue weighted by Crippen LogP contribution is -2.29. The third-order valence-corrected chi connectivity index (χ3v) is 4.45. The molecule has 2 aromatic rings. The number of thiophene rings is 1. The summed E-state index contributed by atoms with van der Waals surface area (Å²) in [6.07, 6.45) is 0. The van der Waals surface area contributed by atoms with Crippen molar-refractivity contribution in [3.8, 4) is 17.2 Å². The Labute approximate surface area is 125 Å². The van der Waals surface area contributed by atoms with Crippen LogP contribution in [0.15, 0.2) is 29.6 Å². The topological polar surface area (TPSA) is 56.8 Å². The summed E-state index contributed by atoms with van der Waals surface area (Å²) in [5, 5.41) is 4.81. The lowest BCUT2D eigenvalue weighted by atomic mass is 10.1. The number of hydrogen-bond acceptors (Lipinski definition) is 5. The quantitative estimate of drug-likeness (QED) is 0.925. The largest absolute Gasteiger partial charge is 0.491 e. The number of carbonyl (C=O) groups excluding carboxylic acids is 1. The van der Waals surface area contributed by atoms with Gasteiger partial charge in [0.2, 0.25) is 0 Å². The molecular weight excluding hydrogens is 290 g/mol. The summed E-state index contributed by atoms with van der Waals surface area (Å²) in [5.41, 5.74) is 1.01. The van der Waals surface area contributed by atoms with Gasteiger partial charge in [0, 0.05) is 10.9 Å². The molecule has 1 aromatic heterocycles. The molecule has 1 amide bonds. The van der Waals surface area contributed by atoms with Crippen LogP contribution in [0, 0.1) is 0 Å². The molecule has 0 fully saturated rings. The standard InChI is InChI=1S/C15H13NO4S/c17-15(14-13-12(8-21-14)18-5-6-19-13)16-10-7-20-11-4-2-1-3-9(10)11/h1-4,8,10H,5-7H2,(H,16,17)/t10-/m1/s1. The van der Waals surface area contributed by atoms with Crippen LogP contribution in [-0.4, -0.2) is 25.7 Å². The summed E-state index contributed by atoms with van der Waals surface area (Å²) >= 11 is 1.34. The molecule has 5 nitrogen and oxygen atoms in total. The Morgan fingerprint density at radius 1 is 1.14 bits per heavy atom. The summed E-state index contributed by atoms with van der Waals surface area (Å²) in [5.74, 6) is 1.88. The zero-order chi connectivity index (χ0) is 14.2. The van der Waals surface area contributed by atoms with Gasteiger partial charge in [-0.25, -0.2) is 0 Å². The van der Waals surface area contributed by atoms with Gasteiger partial charge in [-0.15, -0.1) is 11.3 Å². The van der Waals surface area contributed by atoms with E-state index in [0.717, 1.165) is 11.3 Å². The van der Waals surface area contributed by atoms with E-state index in [0.29, 0.717) is 36.2 Å². The van der Waals surface area contributed by atoms with Crippen LogP contribution in [0.2, 0.25) is 0 Å². The van der Waals surface area contributed by atoms with Gasteiger partial charge in [0.15, 0.2) is 11.5 Å². The first-order valence-electron chi connectivity index (χ1n) is 6.72. The molecule has 108 valence electrons. The minimum absolute atomic E-state index is 0.129. The Morgan fingerprint density at radius 3 is 2.95 bits per heavy atom. The first-order valence-corrected chi connectivity index (χ1v) is 7.60. The molecule has 3 heterocycles. The number of para-hydroxylation sites is 1. The zero-order valence-corrected chi connectivity index (χ0v) is 11.9. The maximum absolute atomic E-state index is 12.5. The molecule has 21 heavy (non-hydrogen) atoms. The smallest absolute Gasteiger partial charge is 0.265 e. The van der Waals surface area contributed by atoms with Crippen LogP contribution >= 0.6 is 11.3 Å². The molecule has 4 rings (SSSR count). The molecule has 0 radical (unpaired) electrons. The second-order valence-electron chi connectivity index (χ2n) is 4.83. The summed E-state index contributed by atoms with van der Waals surface area (Å²) in [6.45, 7) is 1.45. The number of rotatable bonds is 2. The van der Waals surface area contributed by atoms with Crippen molar-refractivity contribution >= 4 is 17.2 Å². The lowest BCUT2D eigenvalue weighted by molar-refractivity contribution is 0.0925. The van der Waals surface area contributed by atoms with E-state index in [2.05, 4.69) is 5.32 Å². The van der Waals surface area contributed by atoms with Gasteiger partial charge in [-0.2, -0.15) is 0 Å². The number of fused-ring (bicyclic) bond motifs is 2. The Kier molecular flexibility index (Phi) is 2.96. The average Bonchev–Trinajstić information content (AvgIpc) is 3.12. The number of amides is 1. The van der Waals surface area contributed by atoms with Crippen molar-refractivity contribution < 1.29 is 19.0 Å². The molecule has 1 aromatic carbocycles. The molecule has 0 saturated heterocycles. The van der Waals surface area contributed by atoms with Gasteiger partial charge < -0.3 is 19.5 Å². The van der Waals surface area contributed by atoms with Crippen LogP contribution in [0.3, 0.4) is 0 Å². The van der Waals surface area contributed by atoms with Crippen molar-refractivity contribution in [1.29, 1.82) is 0 Å². The van der Waals surface area contributed by atoms with Crippen LogP contribution in [0.1, 0.15) is 21.3 Å². The number of carbonyl (C=O) groups is 1. The van der Waals surface area contributed by atoms with Gasteiger partial charge in [0.05, 0.1) is 6.04 Å². The fourth-order valence-corrected chi connectivity index (χ4v) is 3.36. The predicted molar refractivity (Wildman–Crippen MR) is 77.5 cm³/mol. The molecule has 2 aliphatic rings. The highest BCUT2D eigenvalue weighted by molar-refractivity contribution is 7.12. The average molecular weight is 303 g/mol. The molecule has 0 unspecified atom stereocenters. The predicted octanol–water partition coefficient (Wildman–Crippen LogP) is 2.38. The molecule has 0 aliphatic carbocycles. The fraction of sp³-hybridized carbons (Fsp3) is 0.267. The molecule has 2 aliphatic heterocycles. The van der Waals surface area contributed by atoms with Crippen LogP contribution < -0.4 is 19.5 Å².